The highest BCUT2D eigenvalue weighted by Gasteiger charge is 2.27. The Morgan fingerprint density at radius 1 is 0.818 bits per heavy atom. The third-order valence-electron chi connectivity index (χ3n) is 4.45. The molecule has 1 rings (SSSR count). The first-order valence-corrected chi connectivity index (χ1v) is 8.98. The van der Waals surface area contributed by atoms with Crippen LogP contribution in [0.4, 0.5) is 0 Å². The Bertz CT molecular complexity index is 295. The summed E-state index contributed by atoms with van der Waals surface area (Å²) < 4.78 is 10.8. The van der Waals surface area contributed by atoms with Crippen LogP contribution in [0.5, 0.6) is 0 Å². The van der Waals surface area contributed by atoms with Crippen LogP contribution >= 0.6 is 0 Å². The van der Waals surface area contributed by atoms with Crippen LogP contribution in [0.25, 0.3) is 0 Å². The van der Waals surface area contributed by atoms with Gasteiger partial charge in [-0.1, -0.05) is 39.5 Å². The van der Waals surface area contributed by atoms with Gasteiger partial charge in [0, 0.05) is 12.8 Å². The molecule has 128 valence electrons. The van der Waals surface area contributed by atoms with Gasteiger partial charge in [0.2, 0.25) is 0 Å². The fourth-order valence-corrected chi connectivity index (χ4v) is 2.91. The van der Waals surface area contributed by atoms with E-state index in [-0.39, 0.29) is 11.9 Å². The second kappa shape index (κ2) is 11.5. The molecular weight excluding hydrogens is 280 g/mol. The summed E-state index contributed by atoms with van der Waals surface area (Å²) in [7, 11) is 0. The first-order chi connectivity index (χ1) is 10.7. The molecule has 0 radical (unpaired) electrons. The molecule has 0 aromatic rings. The lowest BCUT2D eigenvalue weighted by molar-refractivity contribution is -0.150. The standard InChI is InChI=1S/C18H32O4/c1-3-5-11-17(19)21-13-15-9-7-8-10-16(15)14-22-18(20)12-6-4-2/h15-16H,3-14H2,1-2H3. The van der Waals surface area contributed by atoms with E-state index in [1.165, 1.54) is 12.8 Å². The molecule has 1 fully saturated rings. The summed E-state index contributed by atoms with van der Waals surface area (Å²) in [4.78, 5) is 23.3. The minimum atomic E-state index is -0.0916. The van der Waals surface area contributed by atoms with E-state index in [9.17, 15) is 9.59 Å². The molecule has 0 aliphatic heterocycles. The average Bonchev–Trinajstić information content (AvgIpc) is 2.54. The van der Waals surface area contributed by atoms with Crippen LogP contribution in [0.15, 0.2) is 0 Å². The molecule has 0 aromatic carbocycles. The summed E-state index contributed by atoms with van der Waals surface area (Å²) >= 11 is 0. The third-order valence-corrected chi connectivity index (χ3v) is 4.45. The van der Waals surface area contributed by atoms with Gasteiger partial charge < -0.3 is 9.47 Å². The van der Waals surface area contributed by atoms with E-state index in [0.29, 0.717) is 37.9 Å². The Balaban J connectivity index is 2.30. The van der Waals surface area contributed by atoms with Crippen LogP contribution in [-0.2, 0) is 19.1 Å². The number of esters is 2. The molecule has 0 heterocycles. The molecule has 1 aliphatic rings. The number of hydrogen-bond acceptors (Lipinski definition) is 4. The predicted octanol–water partition coefficient (Wildman–Crippen LogP) is 4.26. The number of ether oxygens (including phenoxy) is 2. The molecule has 4 heteroatoms. The van der Waals surface area contributed by atoms with Crippen molar-refractivity contribution in [3.8, 4) is 0 Å². The van der Waals surface area contributed by atoms with Crippen LogP contribution in [0.3, 0.4) is 0 Å². The van der Waals surface area contributed by atoms with Gasteiger partial charge in [-0.05, 0) is 37.5 Å². The highest BCUT2D eigenvalue weighted by molar-refractivity contribution is 5.69. The lowest BCUT2D eigenvalue weighted by Crippen LogP contribution is -2.29. The second-order valence-corrected chi connectivity index (χ2v) is 6.38. The monoisotopic (exact) mass is 312 g/mol. The normalized spacial score (nSPS) is 21.4. The van der Waals surface area contributed by atoms with Crippen LogP contribution in [0.2, 0.25) is 0 Å². The Morgan fingerprint density at radius 3 is 1.59 bits per heavy atom. The summed E-state index contributed by atoms with van der Waals surface area (Å²) in [6.07, 6.45) is 9.32. The van der Waals surface area contributed by atoms with Gasteiger partial charge in [0.05, 0.1) is 13.2 Å². The minimum absolute atomic E-state index is 0.0916. The van der Waals surface area contributed by atoms with Crippen molar-refractivity contribution in [2.24, 2.45) is 11.8 Å². The van der Waals surface area contributed by atoms with E-state index in [0.717, 1.165) is 38.5 Å². The number of carbonyl (C=O) groups is 2. The van der Waals surface area contributed by atoms with Gasteiger partial charge in [-0.15, -0.1) is 0 Å². The van der Waals surface area contributed by atoms with Crippen LogP contribution < -0.4 is 0 Å². The van der Waals surface area contributed by atoms with Crippen molar-refractivity contribution >= 4 is 11.9 Å². The molecule has 2 atom stereocenters. The van der Waals surface area contributed by atoms with Gasteiger partial charge in [0.1, 0.15) is 0 Å². The van der Waals surface area contributed by atoms with E-state index in [1.807, 2.05) is 0 Å². The smallest absolute Gasteiger partial charge is 0.305 e. The molecule has 1 saturated carbocycles. The van der Waals surface area contributed by atoms with Gasteiger partial charge in [-0.2, -0.15) is 0 Å². The van der Waals surface area contributed by atoms with Crippen LogP contribution in [-0.4, -0.2) is 25.2 Å². The van der Waals surface area contributed by atoms with Crippen molar-refractivity contribution < 1.29 is 19.1 Å². The zero-order valence-corrected chi connectivity index (χ0v) is 14.3. The van der Waals surface area contributed by atoms with Gasteiger partial charge in [0.25, 0.3) is 0 Å². The third kappa shape index (κ3) is 7.81. The van der Waals surface area contributed by atoms with E-state index in [1.54, 1.807) is 0 Å². The largest absolute Gasteiger partial charge is 0.465 e. The van der Waals surface area contributed by atoms with Crippen molar-refractivity contribution in [2.45, 2.75) is 78.1 Å². The maximum absolute atomic E-state index is 11.6. The van der Waals surface area contributed by atoms with Gasteiger partial charge in [-0.3, -0.25) is 9.59 Å². The number of unbranched alkanes of at least 4 members (excludes halogenated alkanes) is 2. The molecular formula is C18H32O4. The molecule has 1 aliphatic carbocycles. The topological polar surface area (TPSA) is 52.6 Å². The quantitative estimate of drug-likeness (QED) is 0.566. The summed E-state index contributed by atoms with van der Waals surface area (Å²) in [5.74, 6) is 0.508. The van der Waals surface area contributed by atoms with Gasteiger partial charge >= 0.3 is 11.9 Å². The molecule has 0 aromatic heterocycles. The minimum Gasteiger partial charge on any atom is -0.465 e. The molecule has 0 amide bonds. The maximum atomic E-state index is 11.6. The zero-order chi connectivity index (χ0) is 16.2. The number of hydrogen-bond donors (Lipinski definition) is 0. The summed E-state index contributed by atoms with van der Waals surface area (Å²) in [6, 6.07) is 0. The van der Waals surface area contributed by atoms with Crippen molar-refractivity contribution in [2.75, 3.05) is 13.2 Å². The fourth-order valence-electron chi connectivity index (χ4n) is 2.91. The Morgan fingerprint density at radius 2 is 1.23 bits per heavy atom. The molecule has 2 unspecified atom stereocenters. The molecule has 0 spiro atoms. The van der Waals surface area contributed by atoms with Crippen molar-refractivity contribution in [3.05, 3.63) is 0 Å². The number of rotatable bonds is 10. The Labute approximate surface area is 134 Å². The van der Waals surface area contributed by atoms with Crippen molar-refractivity contribution in [1.29, 1.82) is 0 Å². The zero-order valence-electron chi connectivity index (χ0n) is 14.3. The molecule has 22 heavy (non-hydrogen) atoms. The van der Waals surface area contributed by atoms with Crippen LogP contribution in [0.1, 0.15) is 78.1 Å². The van der Waals surface area contributed by atoms with E-state index < -0.39 is 0 Å². The SMILES string of the molecule is CCCCC(=O)OCC1CCCCC1COC(=O)CCCC. The van der Waals surface area contributed by atoms with Crippen molar-refractivity contribution in [3.63, 3.8) is 0 Å². The number of carbonyl (C=O) groups excluding carboxylic acids is 2. The first kappa shape index (κ1) is 19.0. The summed E-state index contributed by atoms with van der Waals surface area (Å²) in [6.45, 7) is 5.11. The van der Waals surface area contributed by atoms with E-state index in [2.05, 4.69) is 13.8 Å². The highest BCUT2D eigenvalue weighted by atomic mass is 16.5. The molecule has 0 bridgehead atoms. The summed E-state index contributed by atoms with van der Waals surface area (Å²) in [5, 5.41) is 0. The van der Waals surface area contributed by atoms with Crippen molar-refractivity contribution in [1.82, 2.24) is 0 Å². The Hall–Kier alpha value is -1.06. The second-order valence-electron chi connectivity index (χ2n) is 6.38. The van der Waals surface area contributed by atoms with Gasteiger partial charge in [0.15, 0.2) is 0 Å². The molecule has 0 saturated heterocycles. The highest BCUT2D eigenvalue weighted by Crippen LogP contribution is 2.30. The van der Waals surface area contributed by atoms with Gasteiger partial charge in [-0.25, -0.2) is 0 Å². The average molecular weight is 312 g/mol. The van der Waals surface area contributed by atoms with E-state index >= 15 is 0 Å². The van der Waals surface area contributed by atoms with Crippen LogP contribution in [0, 0.1) is 11.8 Å². The molecule has 0 N–H and O–H groups in total. The van der Waals surface area contributed by atoms with E-state index in [4.69, 9.17) is 9.47 Å². The first-order valence-electron chi connectivity index (χ1n) is 8.98. The maximum Gasteiger partial charge on any atom is 0.305 e. The Kier molecular flexibility index (Phi) is 9.93. The fraction of sp³-hybridized carbons (Fsp3) is 0.889. The lowest BCUT2D eigenvalue weighted by atomic mass is 9.80. The molecule has 4 nitrogen and oxygen atoms in total. The lowest BCUT2D eigenvalue weighted by Gasteiger charge is -2.30. The summed E-state index contributed by atoms with van der Waals surface area (Å²) in [5.41, 5.74) is 0. The predicted molar refractivity (Wildman–Crippen MR) is 86.4 cm³/mol.